The van der Waals surface area contributed by atoms with Gasteiger partial charge in [-0.1, -0.05) is 42.1 Å². The predicted molar refractivity (Wildman–Crippen MR) is 94.2 cm³/mol. The molecule has 0 saturated carbocycles. The van der Waals surface area contributed by atoms with Gasteiger partial charge in [-0.25, -0.2) is 9.89 Å². The van der Waals surface area contributed by atoms with Crippen molar-refractivity contribution in [3.8, 4) is 0 Å². The van der Waals surface area contributed by atoms with Crippen LogP contribution in [0.2, 0.25) is 0 Å². The summed E-state index contributed by atoms with van der Waals surface area (Å²) < 4.78 is 1.45. The van der Waals surface area contributed by atoms with Crippen molar-refractivity contribution in [2.24, 2.45) is 7.05 Å². The molecule has 0 saturated heterocycles. The smallest absolute Gasteiger partial charge is 0.322 e. The first-order valence-electron chi connectivity index (χ1n) is 7.33. The highest BCUT2D eigenvalue weighted by Crippen LogP contribution is 2.20. The molecular weight excluding hydrogens is 324 g/mol. The van der Waals surface area contributed by atoms with Crippen molar-refractivity contribution in [3.05, 3.63) is 76.2 Å². The quantitative estimate of drug-likeness (QED) is 0.700. The summed E-state index contributed by atoms with van der Waals surface area (Å²) in [5.41, 5.74) is 2.09. The molecule has 0 unspecified atom stereocenters. The molecule has 1 aromatic heterocycles. The molecule has 0 radical (unpaired) electrons. The van der Waals surface area contributed by atoms with Crippen LogP contribution in [0.3, 0.4) is 0 Å². The minimum atomic E-state index is -0.242. The molecule has 122 valence electrons. The Morgan fingerprint density at radius 2 is 2.00 bits per heavy atom. The second kappa shape index (κ2) is 7.18. The van der Waals surface area contributed by atoms with E-state index in [0.29, 0.717) is 16.5 Å². The lowest BCUT2D eigenvalue weighted by Gasteiger charge is -2.07. The molecule has 0 bridgehead atoms. The molecule has 6 nitrogen and oxygen atoms in total. The van der Waals surface area contributed by atoms with Crippen LogP contribution in [0.5, 0.6) is 0 Å². The summed E-state index contributed by atoms with van der Waals surface area (Å²) in [5.74, 6) is 0.463. The van der Waals surface area contributed by atoms with Crippen LogP contribution < -0.4 is 11.0 Å². The molecule has 0 aliphatic heterocycles. The standard InChI is InChI=1S/C17H16N4O2S/c1-21-16(23)19-20-17(21)24-11-12-6-5-7-13(10-12)15(22)18-14-8-3-2-4-9-14/h2-10H,11H2,1H3,(H,18,22)(H,19,23). The van der Waals surface area contributed by atoms with Crippen molar-refractivity contribution >= 4 is 23.4 Å². The van der Waals surface area contributed by atoms with Crippen LogP contribution in [0.25, 0.3) is 0 Å². The van der Waals surface area contributed by atoms with E-state index in [9.17, 15) is 9.59 Å². The van der Waals surface area contributed by atoms with Crippen LogP contribution in [-0.4, -0.2) is 20.7 Å². The zero-order valence-corrected chi connectivity index (χ0v) is 13.8. The van der Waals surface area contributed by atoms with E-state index in [0.717, 1.165) is 11.3 Å². The van der Waals surface area contributed by atoms with E-state index >= 15 is 0 Å². The first kappa shape index (κ1) is 16.1. The predicted octanol–water partition coefficient (Wildman–Crippen LogP) is 2.65. The van der Waals surface area contributed by atoms with E-state index in [1.165, 1.54) is 16.3 Å². The SMILES string of the molecule is Cn1c(SCc2cccc(C(=O)Nc3ccccc3)c2)n[nH]c1=O. The summed E-state index contributed by atoms with van der Waals surface area (Å²) in [6.45, 7) is 0. The first-order valence-corrected chi connectivity index (χ1v) is 8.31. The van der Waals surface area contributed by atoms with Gasteiger partial charge < -0.3 is 5.32 Å². The Labute approximate surface area is 142 Å². The summed E-state index contributed by atoms with van der Waals surface area (Å²) in [6, 6.07) is 16.7. The molecule has 3 rings (SSSR count). The summed E-state index contributed by atoms with van der Waals surface area (Å²) >= 11 is 1.43. The molecule has 7 heteroatoms. The largest absolute Gasteiger partial charge is 0.343 e. The molecular formula is C17H16N4O2S. The fourth-order valence-corrected chi connectivity index (χ4v) is 3.00. The van der Waals surface area contributed by atoms with Crippen molar-refractivity contribution in [1.29, 1.82) is 0 Å². The Bertz CT molecular complexity index is 902. The van der Waals surface area contributed by atoms with Crippen LogP contribution in [-0.2, 0) is 12.8 Å². The zero-order chi connectivity index (χ0) is 16.9. The third kappa shape index (κ3) is 3.75. The lowest BCUT2D eigenvalue weighted by molar-refractivity contribution is 0.102. The number of aromatic amines is 1. The summed E-state index contributed by atoms with van der Waals surface area (Å²) in [5, 5.41) is 9.83. The van der Waals surface area contributed by atoms with Gasteiger partial charge in [0.15, 0.2) is 5.16 Å². The highest BCUT2D eigenvalue weighted by atomic mass is 32.2. The summed E-state index contributed by atoms with van der Waals surface area (Å²) in [6.07, 6.45) is 0. The molecule has 0 spiro atoms. The number of rotatable bonds is 5. The van der Waals surface area contributed by atoms with Gasteiger partial charge in [0.1, 0.15) is 0 Å². The van der Waals surface area contributed by atoms with E-state index in [-0.39, 0.29) is 11.6 Å². The topological polar surface area (TPSA) is 79.8 Å². The molecule has 1 amide bonds. The number of benzene rings is 2. The maximum atomic E-state index is 12.3. The number of anilines is 1. The van der Waals surface area contributed by atoms with E-state index < -0.39 is 0 Å². The maximum Gasteiger partial charge on any atom is 0.343 e. The minimum Gasteiger partial charge on any atom is -0.322 e. The first-order chi connectivity index (χ1) is 11.6. The summed E-state index contributed by atoms with van der Waals surface area (Å²) in [4.78, 5) is 23.7. The monoisotopic (exact) mass is 340 g/mol. The Morgan fingerprint density at radius 3 is 2.71 bits per heavy atom. The molecule has 0 atom stereocenters. The van der Waals surface area contributed by atoms with Gasteiger partial charge >= 0.3 is 5.69 Å². The molecule has 3 aromatic rings. The van der Waals surface area contributed by atoms with Crippen LogP contribution in [0.1, 0.15) is 15.9 Å². The molecule has 24 heavy (non-hydrogen) atoms. The molecule has 1 heterocycles. The second-order valence-corrected chi connectivity index (χ2v) is 6.12. The number of carbonyl (C=O) groups is 1. The summed E-state index contributed by atoms with van der Waals surface area (Å²) in [7, 11) is 1.66. The lowest BCUT2D eigenvalue weighted by Crippen LogP contribution is -2.13. The fourth-order valence-electron chi connectivity index (χ4n) is 2.14. The second-order valence-electron chi connectivity index (χ2n) is 5.18. The fraction of sp³-hybridized carbons (Fsp3) is 0.118. The average molecular weight is 340 g/mol. The number of H-pyrrole nitrogens is 1. The van der Waals surface area contributed by atoms with Gasteiger partial charge in [-0.05, 0) is 29.8 Å². The van der Waals surface area contributed by atoms with Crippen molar-refractivity contribution in [3.63, 3.8) is 0 Å². The highest BCUT2D eigenvalue weighted by Gasteiger charge is 2.09. The average Bonchev–Trinajstić information content (AvgIpc) is 2.93. The normalized spacial score (nSPS) is 10.5. The number of nitrogens with one attached hydrogen (secondary N) is 2. The van der Waals surface area contributed by atoms with Gasteiger partial charge in [-0.3, -0.25) is 9.36 Å². The lowest BCUT2D eigenvalue weighted by atomic mass is 10.1. The molecule has 2 aromatic carbocycles. The van der Waals surface area contributed by atoms with Crippen molar-refractivity contribution in [2.45, 2.75) is 10.9 Å². The highest BCUT2D eigenvalue weighted by molar-refractivity contribution is 7.98. The molecule has 2 N–H and O–H groups in total. The Morgan fingerprint density at radius 1 is 1.21 bits per heavy atom. The van der Waals surface area contributed by atoms with Gasteiger partial charge in [0.05, 0.1) is 0 Å². The third-order valence-corrected chi connectivity index (χ3v) is 4.53. The number of amides is 1. The van der Waals surface area contributed by atoms with E-state index in [4.69, 9.17) is 0 Å². The Kier molecular flexibility index (Phi) is 4.81. The van der Waals surface area contributed by atoms with Crippen LogP contribution in [0, 0.1) is 0 Å². The van der Waals surface area contributed by atoms with Crippen LogP contribution in [0.4, 0.5) is 5.69 Å². The Hall–Kier alpha value is -2.80. The number of thioether (sulfide) groups is 1. The van der Waals surface area contributed by atoms with Crippen LogP contribution >= 0.6 is 11.8 Å². The number of hydrogen-bond acceptors (Lipinski definition) is 4. The Balaban J connectivity index is 1.68. The minimum absolute atomic E-state index is 0.153. The van der Waals surface area contributed by atoms with E-state index in [1.807, 2.05) is 48.5 Å². The van der Waals surface area contributed by atoms with Gasteiger partial charge in [0.2, 0.25) is 0 Å². The third-order valence-electron chi connectivity index (χ3n) is 3.43. The van der Waals surface area contributed by atoms with Crippen molar-refractivity contribution < 1.29 is 4.79 Å². The number of aromatic nitrogens is 3. The number of para-hydroxylation sites is 1. The van der Waals surface area contributed by atoms with Crippen molar-refractivity contribution in [2.75, 3.05) is 5.32 Å². The van der Waals surface area contributed by atoms with Gasteiger partial charge in [0, 0.05) is 24.1 Å². The number of carbonyl (C=O) groups excluding carboxylic acids is 1. The van der Waals surface area contributed by atoms with Gasteiger partial charge in [0.25, 0.3) is 5.91 Å². The number of nitrogens with zero attached hydrogens (tertiary/aromatic N) is 2. The maximum absolute atomic E-state index is 12.3. The molecule has 0 aliphatic carbocycles. The molecule has 0 fully saturated rings. The van der Waals surface area contributed by atoms with Crippen molar-refractivity contribution in [1.82, 2.24) is 14.8 Å². The van der Waals surface area contributed by atoms with E-state index in [1.54, 1.807) is 13.1 Å². The van der Waals surface area contributed by atoms with Crippen LogP contribution in [0.15, 0.2) is 64.5 Å². The van der Waals surface area contributed by atoms with Gasteiger partial charge in [-0.2, -0.15) is 0 Å². The van der Waals surface area contributed by atoms with E-state index in [2.05, 4.69) is 15.5 Å². The molecule has 0 aliphatic rings. The number of hydrogen-bond donors (Lipinski definition) is 2. The zero-order valence-electron chi connectivity index (χ0n) is 13.0. The van der Waals surface area contributed by atoms with Gasteiger partial charge in [-0.15, -0.1) is 5.10 Å².